The van der Waals surface area contributed by atoms with Gasteiger partial charge in [-0.15, -0.1) is 0 Å². The first-order chi connectivity index (χ1) is 16.2. The first-order valence-electron chi connectivity index (χ1n) is 9.89. The Labute approximate surface area is 209 Å². The molecular formula is C24H15Cl3N2O5. The molecule has 34 heavy (non-hydrogen) atoms. The summed E-state index contributed by atoms with van der Waals surface area (Å²) < 4.78 is 5.04. The third-order valence-electron chi connectivity index (χ3n) is 4.97. The number of ether oxygens (including phenoxy) is 1. The maximum absolute atomic E-state index is 12.8. The van der Waals surface area contributed by atoms with Crippen LogP contribution in [0.5, 0.6) is 0 Å². The van der Waals surface area contributed by atoms with Gasteiger partial charge in [0.05, 0.1) is 23.2 Å². The average molecular weight is 518 g/mol. The van der Waals surface area contributed by atoms with Crippen molar-refractivity contribution in [3.63, 3.8) is 0 Å². The Hall–Kier alpha value is -3.39. The number of hydrogen-bond donors (Lipinski definition) is 1. The highest BCUT2D eigenvalue weighted by Gasteiger charge is 2.36. The lowest BCUT2D eigenvalue weighted by Crippen LogP contribution is -2.29. The van der Waals surface area contributed by atoms with E-state index in [1.54, 1.807) is 24.3 Å². The smallest absolute Gasteiger partial charge is 0.338 e. The fraction of sp³-hybridized carbons (Fsp3) is 0.0833. The summed E-state index contributed by atoms with van der Waals surface area (Å²) in [6.45, 7) is -0.578. The second kappa shape index (κ2) is 9.85. The number of nitrogens with one attached hydrogen (secondary N) is 1. The lowest BCUT2D eigenvalue weighted by molar-refractivity contribution is -0.119. The molecule has 1 aliphatic rings. The van der Waals surface area contributed by atoms with Crippen molar-refractivity contribution in [2.24, 2.45) is 0 Å². The Bertz CT molecular complexity index is 1320. The molecular weight excluding hydrogens is 503 g/mol. The Morgan fingerprint density at radius 3 is 2.24 bits per heavy atom. The van der Waals surface area contributed by atoms with Crippen molar-refractivity contribution in [1.29, 1.82) is 0 Å². The molecule has 4 rings (SSSR count). The molecule has 0 aromatic heterocycles. The number of benzene rings is 3. The predicted molar refractivity (Wildman–Crippen MR) is 127 cm³/mol. The van der Waals surface area contributed by atoms with E-state index in [9.17, 15) is 19.2 Å². The molecule has 7 nitrogen and oxygen atoms in total. The molecule has 0 saturated heterocycles. The minimum atomic E-state index is -0.827. The van der Waals surface area contributed by atoms with Crippen molar-refractivity contribution < 1.29 is 23.9 Å². The fourth-order valence-corrected chi connectivity index (χ4v) is 4.12. The summed E-state index contributed by atoms with van der Waals surface area (Å²) in [5, 5.41) is 3.62. The van der Waals surface area contributed by atoms with Crippen LogP contribution < -0.4 is 5.32 Å². The van der Waals surface area contributed by atoms with E-state index >= 15 is 0 Å². The number of nitrogens with zero attached hydrogens (tertiary/aromatic N) is 1. The summed E-state index contributed by atoms with van der Waals surface area (Å²) >= 11 is 17.9. The first kappa shape index (κ1) is 23.8. The van der Waals surface area contributed by atoms with E-state index in [1.165, 1.54) is 36.4 Å². The summed E-state index contributed by atoms with van der Waals surface area (Å²) in [6, 6.07) is 15.4. The SMILES string of the molecule is O=C(COC(=O)c1ccc2c(c1)C(=O)N(Cc1ccccc1Cl)C2=O)Nc1cc(Cl)cc(Cl)c1. The quantitative estimate of drug-likeness (QED) is 0.357. The van der Waals surface area contributed by atoms with Gasteiger partial charge in [0.2, 0.25) is 0 Å². The van der Waals surface area contributed by atoms with Crippen LogP contribution in [0.15, 0.2) is 60.7 Å². The standard InChI is InChI=1S/C24H15Cl3N2O5/c25-15-8-16(26)10-17(9-15)28-21(30)12-34-24(33)13-5-6-18-19(7-13)23(32)29(22(18)31)11-14-3-1-2-4-20(14)27/h1-10H,11-12H2,(H,28,30). The number of esters is 1. The summed E-state index contributed by atoms with van der Waals surface area (Å²) in [6.07, 6.45) is 0. The van der Waals surface area contributed by atoms with E-state index in [4.69, 9.17) is 39.5 Å². The molecule has 0 unspecified atom stereocenters. The van der Waals surface area contributed by atoms with E-state index in [2.05, 4.69) is 5.32 Å². The van der Waals surface area contributed by atoms with Crippen molar-refractivity contribution in [3.05, 3.63) is 98.0 Å². The highest BCUT2D eigenvalue weighted by molar-refractivity contribution is 6.35. The third-order valence-corrected chi connectivity index (χ3v) is 5.78. The van der Waals surface area contributed by atoms with Crippen LogP contribution in [0.1, 0.15) is 36.6 Å². The van der Waals surface area contributed by atoms with E-state index in [0.717, 1.165) is 4.90 Å². The van der Waals surface area contributed by atoms with Gasteiger partial charge in [0, 0.05) is 20.8 Å². The Morgan fingerprint density at radius 2 is 1.53 bits per heavy atom. The van der Waals surface area contributed by atoms with Crippen molar-refractivity contribution >= 4 is 64.2 Å². The number of carbonyl (C=O) groups is 4. The fourth-order valence-electron chi connectivity index (χ4n) is 3.40. The molecule has 0 atom stereocenters. The van der Waals surface area contributed by atoms with Crippen LogP contribution >= 0.6 is 34.8 Å². The molecule has 172 valence electrons. The molecule has 3 amide bonds. The van der Waals surface area contributed by atoms with Crippen molar-refractivity contribution in [2.45, 2.75) is 6.54 Å². The number of fused-ring (bicyclic) bond motifs is 1. The number of carbonyl (C=O) groups excluding carboxylic acids is 4. The van der Waals surface area contributed by atoms with E-state index in [1.807, 2.05) is 0 Å². The zero-order valence-corrected chi connectivity index (χ0v) is 19.6. The number of imide groups is 1. The molecule has 0 spiro atoms. The maximum Gasteiger partial charge on any atom is 0.338 e. The molecule has 0 saturated carbocycles. The van der Waals surface area contributed by atoms with Crippen molar-refractivity contribution in [3.8, 4) is 0 Å². The Morgan fingerprint density at radius 1 is 0.853 bits per heavy atom. The zero-order valence-electron chi connectivity index (χ0n) is 17.3. The second-order valence-corrected chi connectivity index (χ2v) is 8.61. The average Bonchev–Trinajstić information content (AvgIpc) is 3.02. The third kappa shape index (κ3) is 5.07. The van der Waals surface area contributed by atoms with Crippen LogP contribution in [-0.2, 0) is 16.1 Å². The van der Waals surface area contributed by atoms with Crippen molar-refractivity contribution in [2.75, 3.05) is 11.9 Å². The molecule has 1 heterocycles. The molecule has 0 radical (unpaired) electrons. The predicted octanol–water partition coefficient (Wildman–Crippen LogP) is 5.24. The monoisotopic (exact) mass is 516 g/mol. The minimum Gasteiger partial charge on any atom is -0.452 e. The lowest BCUT2D eigenvalue weighted by Gasteiger charge is -2.14. The van der Waals surface area contributed by atoms with Crippen molar-refractivity contribution in [1.82, 2.24) is 4.90 Å². The molecule has 1 aliphatic heterocycles. The van der Waals surface area contributed by atoms with E-state index in [0.29, 0.717) is 26.3 Å². The first-order valence-corrected chi connectivity index (χ1v) is 11.0. The van der Waals surface area contributed by atoms with Crippen LogP contribution in [0.2, 0.25) is 15.1 Å². The van der Waals surface area contributed by atoms with Gasteiger partial charge in [-0.1, -0.05) is 53.0 Å². The van der Waals surface area contributed by atoms with Gasteiger partial charge in [-0.25, -0.2) is 4.79 Å². The molecule has 10 heteroatoms. The van der Waals surface area contributed by atoms with Gasteiger partial charge in [-0.2, -0.15) is 0 Å². The molecule has 0 fully saturated rings. The normalized spacial score (nSPS) is 12.5. The molecule has 3 aromatic carbocycles. The maximum atomic E-state index is 12.8. The lowest BCUT2D eigenvalue weighted by atomic mass is 10.1. The number of rotatable bonds is 6. The zero-order chi connectivity index (χ0) is 24.4. The van der Waals surface area contributed by atoms with Gasteiger partial charge in [0.15, 0.2) is 6.61 Å². The van der Waals surface area contributed by atoms with Gasteiger partial charge >= 0.3 is 5.97 Å². The minimum absolute atomic E-state index is 0.000506. The van der Waals surface area contributed by atoms with Crippen LogP contribution in [0.25, 0.3) is 0 Å². The topological polar surface area (TPSA) is 92.8 Å². The van der Waals surface area contributed by atoms with Crippen LogP contribution in [0.4, 0.5) is 5.69 Å². The van der Waals surface area contributed by atoms with Gasteiger partial charge in [-0.3, -0.25) is 19.3 Å². The number of hydrogen-bond acceptors (Lipinski definition) is 5. The summed E-state index contributed by atoms with van der Waals surface area (Å²) in [5.41, 5.74) is 1.23. The van der Waals surface area contributed by atoms with Crippen LogP contribution in [0, 0.1) is 0 Å². The highest BCUT2D eigenvalue weighted by atomic mass is 35.5. The van der Waals surface area contributed by atoms with Gasteiger partial charge in [0.25, 0.3) is 17.7 Å². The molecule has 1 N–H and O–H groups in total. The van der Waals surface area contributed by atoms with E-state index < -0.39 is 30.3 Å². The number of anilines is 1. The van der Waals surface area contributed by atoms with Crippen LogP contribution in [-0.4, -0.2) is 35.2 Å². The molecule has 0 bridgehead atoms. The Balaban J connectivity index is 1.42. The summed E-state index contributed by atoms with van der Waals surface area (Å²) in [5.74, 6) is -2.47. The number of amides is 3. The Kier molecular flexibility index (Phi) is 6.88. The van der Waals surface area contributed by atoms with Gasteiger partial charge < -0.3 is 10.1 Å². The highest BCUT2D eigenvalue weighted by Crippen LogP contribution is 2.28. The van der Waals surface area contributed by atoms with Crippen LogP contribution in [0.3, 0.4) is 0 Å². The van der Waals surface area contributed by atoms with Gasteiger partial charge in [0.1, 0.15) is 0 Å². The second-order valence-electron chi connectivity index (χ2n) is 7.33. The largest absolute Gasteiger partial charge is 0.452 e. The van der Waals surface area contributed by atoms with E-state index in [-0.39, 0.29) is 23.2 Å². The van der Waals surface area contributed by atoms with Gasteiger partial charge in [-0.05, 0) is 48.0 Å². The number of halogens is 3. The molecule has 3 aromatic rings. The summed E-state index contributed by atoms with van der Waals surface area (Å²) in [7, 11) is 0. The molecule has 0 aliphatic carbocycles. The summed E-state index contributed by atoms with van der Waals surface area (Å²) in [4.78, 5) is 51.2.